The molecule has 0 radical (unpaired) electrons. The highest BCUT2D eigenvalue weighted by Gasteiger charge is 2.28. The summed E-state index contributed by atoms with van der Waals surface area (Å²) in [5.74, 6) is -0.240. The number of carbonyl (C=O) groups excluding carboxylic acids is 2. The van der Waals surface area contributed by atoms with Crippen molar-refractivity contribution < 1.29 is 14.0 Å². The first-order chi connectivity index (χ1) is 14.0. The molecule has 1 aliphatic rings. The lowest BCUT2D eigenvalue weighted by molar-refractivity contribution is -0.119. The van der Waals surface area contributed by atoms with E-state index >= 15 is 0 Å². The summed E-state index contributed by atoms with van der Waals surface area (Å²) in [6.07, 6.45) is 4.32. The fourth-order valence-electron chi connectivity index (χ4n) is 3.99. The Balaban J connectivity index is 1.78. The van der Waals surface area contributed by atoms with Crippen LogP contribution in [0.4, 0.5) is 4.39 Å². The third kappa shape index (κ3) is 5.43. The second-order valence-electron chi connectivity index (χ2n) is 7.84. The Morgan fingerprint density at radius 3 is 2.72 bits per heavy atom. The van der Waals surface area contributed by atoms with Crippen molar-refractivity contribution in [1.82, 2.24) is 10.2 Å². The molecule has 1 N–H and O–H groups in total. The van der Waals surface area contributed by atoms with E-state index in [4.69, 9.17) is 0 Å². The van der Waals surface area contributed by atoms with Crippen molar-refractivity contribution >= 4 is 11.8 Å². The minimum Gasteiger partial charge on any atom is -0.356 e. The van der Waals surface area contributed by atoms with Gasteiger partial charge in [-0.15, -0.1) is 0 Å². The number of piperidine rings is 1. The number of carbonyl (C=O) groups is 2. The molecular formula is C24H29FN2O2. The zero-order valence-corrected chi connectivity index (χ0v) is 17.2. The molecule has 1 heterocycles. The van der Waals surface area contributed by atoms with Gasteiger partial charge in [0.2, 0.25) is 5.91 Å². The maximum absolute atomic E-state index is 14.0. The molecule has 0 aromatic heterocycles. The van der Waals surface area contributed by atoms with Crippen molar-refractivity contribution in [3.8, 4) is 0 Å². The van der Waals surface area contributed by atoms with Crippen LogP contribution in [-0.2, 0) is 11.2 Å². The van der Waals surface area contributed by atoms with Gasteiger partial charge in [0.15, 0.2) is 0 Å². The van der Waals surface area contributed by atoms with Gasteiger partial charge < -0.3 is 10.2 Å². The summed E-state index contributed by atoms with van der Waals surface area (Å²) in [7, 11) is 0. The highest BCUT2D eigenvalue weighted by Crippen LogP contribution is 2.24. The van der Waals surface area contributed by atoms with E-state index in [1.807, 2.05) is 35.2 Å². The topological polar surface area (TPSA) is 49.4 Å². The number of benzene rings is 2. The first-order valence-corrected chi connectivity index (χ1v) is 10.3. The van der Waals surface area contributed by atoms with E-state index in [0.29, 0.717) is 24.1 Å². The number of nitrogens with zero attached hydrogens (tertiary/aromatic N) is 1. The molecular weight excluding hydrogens is 367 g/mol. The number of hydrogen-bond acceptors (Lipinski definition) is 2. The Morgan fingerprint density at radius 1 is 1.17 bits per heavy atom. The van der Waals surface area contributed by atoms with Crippen LogP contribution in [0.25, 0.3) is 0 Å². The van der Waals surface area contributed by atoms with Crippen molar-refractivity contribution in [3.05, 3.63) is 70.5 Å². The Hall–Kier alpha value is -2.69. The average molecular weight is 397 g/mol. The minimum absolute atomic E-state index is 0.0284. The molecule has 0 bridgehead atoms. The molecule has 1 atom stereocenters. The van der Waals surface area contributed by atoms with Gasteiger partial charge in [-0.25, -0.2) is 4.39 Å². The fourth-order valence-corrected chi connectivity index (χ4v) is 3.99. The Labute approximate surface area is 172 Å². The van der Waals surface area contributed by atoms with Gasteiger partial charge in [0, 0.05) is 31.6 Å². The second kappa shape index (κ2) is 9.68. The van der Waals surface area contributed by atoms with E-state index in [9.17, 15) is 14.0 Å². The summed E-state index contributed by atoms with van der Waals surface area (Å²) >= 11 is 0. The van der Waals surface area contributed by atoms with Crippen LogP contribution in [0.2, 0.25) is 0 Å². The average Bonchev–Trinajstić information content (AvgIpc) is 2.71. The van der Waals surface area contributed by atoms with Crippen LogP contribution in [-0.4, -0.2) is 35.8 Å². The lowest BCUT2D eigenvalue weighted by Gasteiger charge is -2.36. The maximum atomic E-state index is 14.0. The largest absolute Gasteiger partial charge is 0.356 e. The summed E-state index contributed by atoms with van der Waals surface area (Å²) in [6.45, 7) is 4.56. The predicted octanol–water partition coefficient (Wildman–Crippen LogP) is 4.25. The third-order valence-electron chi connectivity index (χ3n) is 5.62. The van der Waals surface area contributed by atoms with Crippen LogP contribution in [0.3, 0.4) is 0 Å². The van der Waals surface area contributed by atoms with Crippen molar-refractivity contribution in [2.75, 3.05) is 13.1 Å². The lowest BCUT2D eigenvalue weighted by atomic mass is 9.95. The van der Waals surface area contributed by atoms with Gasteiger partial charge in [-0.2, -0.15) is 0 Å². The number of nitrogens with one attached hydrogen (secondary N) is 1. The number of rotatable bonds is 6. The Morgan fingerprint density at radius 2 is 1.97 bits per heavy atom. The van der Waals surface area contributed by atoms with Crippen LogP contribution in [0.15, 0.2) is 42.5 Å². The van der Waals surface area contributed by atoms with Gasteiger partial charge in [-0.05, 0) is 67.9 Å². The number of aryl methyl sites for hydroxylation is 1. The number of likely N-dealkylation sites (tertiary alicyclic amines) is 1. The lowest BCUT2D eigenvalue weighted by Crippen LogP contribution is -2.45. The molecule has 29 heavy (non-hydrogen) atoms. The van der Waals surface area contributed by atoms with Crippen LogP contribution >= 0.6 is 0 Å². The highest BCUT2D eigenvalue weighted by molar-refractivity contribution is 5.96. The quantitative estimate of drug-likeness (QED) is 0.794. The fraction of sp³-hybridized carbons (Fsp3) is 0.417. The molecule has 1 fully saturated rings. The minimum atomic E-state index is -0.222. The van der Waals surface area contributed by atoms with Gasteiger partial charge in [0.25, 0.3) is 5.91 Å². The van der Waals surface area contributed by atoms with Crippen molar-refractivity contribution in [2.24, 2.45) is 0 Å². The van der Waals surface area contributed by atoms with E-state index in [1.165, 1.54) is 6.92 Å². The molecule has 4 nitrogen and oxygen atoms in total. The Bertz CT molecular complexity index is 881. The SMILES string of the molecule is CC(=O)NCC[C@@H]1CCCCN1C(=O)c1ccccc1Cc1ccc(C)c(F)c1. The molecule has 0 spiro atoms. The number of halogens is 1. The zero-order valence-electron chi connectivity index (χ0n) is 17.2. The zero-order chi connectivity index (χ0) is 20.8. The molecule has 2 amide bonds. The molecule has 0 aliphatic carbocycles. The first-order valence-electron chi connectivity index (χ1n) is 10.3. The molecule has 1 saturated heterocycles. The van der Waals surface area contributed by atoms with Crippen molar-refractivity contribution in [3.63, 3.8) is 0 Å². The smallest absolute Gasteiger partial charge is 0.254 e. The molecule has 2 aromatic carbocycles. The molecule has 154 valence electrons. The van der Waals surface area contributed by atoms with Gasteiger partial charge in [-0.3, -0.25) is 9.59 Å². The molecule has 2 aromatic rings. The number of hydrogen-bond donors (Lipinski definition) is 1. The van der Waals surface area contributed by atoms with Gasteiger partial charge in [0.05, 0.1) is 0 Å². The number of amides is 2. The van der Waals surface area contributed by atoms with E-state index < -0.39 is 0 Å². The summed E-state index contributed by atoms with van der Waals surface area (Å²) in [6, 6.07) is 13.0. The summed E-state index contributed by atoms with van der Waals surface area (Å²) in [5, 5.41) is 2.83. The van der Waals surface area contributed by atoms with Crippen molar-refractivity contribution in [2.45, 2.75) is 52.0 Å². The monoisotopic (exact) mass is 396 g/mol. The third-order valence-corrected chi connectivity index (χ3v) is 5.62. The maximum Gasteiger partial charge on any atom is 0.254 e. The molecule has 5 heteroatoms. The summed E-state index contributed by atoms with van der Waals surface area (Å²) in [5.41, 5.74) is 3.06. The first kappa shape index (κ1) is 21.0. The van der Waals surface area contributed by atoms with E-state index in [2.05, 4.69) is 5.32 Å². The van der Waals surface area contributed by atoms with E-state index in [0.717, 1.165) is 43.4 Å². The van der Waals surface area contributed by atoms with E-state index in [-0.39, 0.29) is 23.7 Å². The standard InChI is InChI=1S/C24H29FN2O2/c1-17-10-11-19(16-23(17)25)15-20-7-3-4-9-22(20)24(29)27-14-6-5-8-21(27)12-13-26-18(2)28/h3-4,7,9-11,16,21H,5-6,8,12-15H2,1-2H3,(H,26,28)/t21-/m0/s1. The van der Waals surface area contributed by atoms with E-state index in [1.54, 1.807) is 19.1 Å². The summed E-state index contributed by atoms with van der Waals surface area (Å²) in [4.78, 5) is 26.5. The predicted molar refractivity (Wildman–Crippen MR) is 112 cm³/mol. The molecule has 0 saturated carbocycles. The second-order valence-corrected chi connectivity index (χ2v) is 7.84. The highest BCUT2D eigenvalue weighted by atomic mass is 19.1. The van der Waals surface area contributed by atoms with Crippen LogP contribution in [0.5, 0.6) is 0 Å². The van der Waals surface area contributed by atoms with Gasteiger partial charge in [0.1, 0.15) is 5.82 Å². The van der Waals surface area contributed by atoms with Crippen LogP contribution in [0.1, 0.15) is 59.7 Å². The Kier molecular flexibility index (Phi) is 7.02. The van der Waals surface area contributed by atoms with Gasteiger partial charge in [-0.1, -0.05) is 30.3 Å². The normalized spacial score (nSPS) is 16.5. The van der Waals surface area contributed by atoms with Crippen LogP contribution in [0, 0.1) is 12.7 Å². The molecule has 3 rings (SSSR count). The van der Waals surface area contributed by atoms with Crippen LogP contribution < -0.4 is 5.32 Å². The molecule has 0 unspecified atom stereocenters. The van der Waals surface area contributed by atoms with Gasteiger partial charge >= 0.3 is 0 Å². The molecule has 1 aliphatic heterocycles. The van der Waals surface area contributed by atoms with Crippen molar-refractivity contribution in [1.29, 1.82) is 0 Å². The summed E-state index contributed by atoms with van der Waals surface area (Å²) < 4.78 is 14.0.